The van der Waals surface area contributed by atoms with Gasteiger partial charge in [-0.1, -0.05) is 6.08 Å². The highest BCUT2D eigenvalue weighted by Gasteiger charge is 2.06. The second-order valence-corrected chi connectivity index (χ2v) is 2.20. The van der Waals surface area contributed by atoms with Gasteiger partial charge in [0.15, 0.2) is 0 Å². The van der Waals surface area contributed by atoms with Crippen LogP contribution in [0.2, 0.25) is 0 Å². The molecular formula is C8H16O4. The largest absolute Gasteiger partial charge is 0.394 e. The van der Waals surface area contributed by atoms with Crippen molar-refractivity contribution in [3.05, 3.63) is 12.7 Å². The maximum absolute atomic E-state index is 8.77. The summed E-state index contributed by atoms with van der Waals surface area (Å²) in [6, 6.07) is 0. The molecule has 1 atom stereocenters. The van der Waals surface area contributed by atoms with E-state index in [4.69, 9.17) is 14.6 Å². The molecule has 0 rings (SSSR count). The maximum Gasteiger partial charge on any atom is 0.146 e. The van der Waals surface area contributed by atoms with Crippen LogP contribution in [0, 0.1) is 0 Å². The average Bonchev–Trinajstić information content (AvgIpc) is 2.11. The van der Waals surface area contributed by atoms with Gasteiger partial charge in [0.25, 0.3) is 0 Å². The number of methoxy groups -OCH3 is 1. The third-order valence-electron chi connectivity index (χ3n) is 1.16. The van der Waals surface area contributed by atoms with Gasteiger partial charge in [-0.2, -0.15) is 0 Å². The van der Waals surface area contributed by atoms with Crippen molar-refractivity contribution in [3.63, 3.8) is 0 Å². The van der Waals surface area contributed by atoms with Gasteiger partial charge < -0.3 is 19.3 Å². The highest BCUT2D eigenvalue weighted by atomic mass is 16.7. The summed E-state index contributed by atoms with van der Waals surface area (Å²) in [6.45, 7) is 4.41. The SMILES string of the molecule is C=CCOCC(CO)OCOC. The molecule has 0 fully saturated rings. The van der Waals surface area contributed by atoms with Crippen molar-refractivity contribution >= 4 is 0 Å². The molecule has 0 saturated carbocycles. The van der Waals surface area contributed by atoms with E-state index >= 15 is 0 Å². The summed E-state index contributed by atoms with van der Waals surface area (Å²) in [5.41, 5.74) is 0. The van der Waals surface area contributed by atoms with E-state index in [9.17, 15) is 0 Å². The summed E-state index contributed by atoms with van der Waals surface area (Å²) in [5.74, 6) is 0. The zero-order chi connectivity index (χ0) is 9.23. The lowest BCUT2D eigenvalue weighted by Gasteiger charge is -2.13. The fourth-order valence-electron chi connectivity index (χ4n) is 0.601. The van der Waals surface area contributed by atoms with Gasteiger partial charge in [0, 0.05) is 7.11 Å². The van der Waals surface area contributed by atoms with Crippen LogP contribution in [0.1, 0.15) is 0 Å². The third kappa shape index (κ3) is 6.30. The molecule has 0 saturated heterocycles. The number of ether oxygens (including phenoxy) is 3. The summed E-state index contributed by atoms with van der Waals surface area (Å²) in [6.07, 6.45) is 1.33. The van der Waals surface area contributed by atoms with Crippen molar-refractivity contribution in [1.29, 1.82) is 0 Å². The van der Waals surface area contributed by atoms with Crippen molar-refractivity contribution in [1.82, 2.24) is 0 Å². The monoisotopic (exact) mass is 176 g/mol. The summed E-state index contributed by atoms with van der Waals surface area (Å²) < 4.78 is 14.8. The number of hydrogen-bond donors (Lipinski definition) is 1. The predicted molar refractivity (Wildman–Crippen MR) is 44.9 cm³/mol. The minimum absolute atomic E-state index is 0.0689. The molecule has 0 aromatic carbocycles. The first-order chi connectivity index (χ1) is 5.85. The Morgan fingerprint density at radius 1 is 1.58 bits per heavy atom. The number of aliphatic hydroxyl groups excluding tert-OH is 1. The second kappa shape index (κ2) is 8.67. The van der Waals surface area contributed by atoms with Crippen molar-refractivity contribution in [2.24, 2.45) is 0 Å². The first-order valence-electron chi connectivity index (χ1n) is 3.75. The van der Waals surface area contributed by atoms with E-state index in [0.29, 0.717) is 13.2 Å². The summed E-state index contributed by atoms with van der Waals surface area (Å²) >= 11 is 0. The Balaban J connectivity index is 3.32. The molecule has 1 N–H and O–H groups in total. The number of rotatable bonds is 8. The van der Waals surface area contributed by atoms with E-state index in [1.165, 1.54) is 7.11 Å². The van der Waals surface area contributed by atoms with Crippen molar-refractivity contribution < 1.29 is 19.3 Å². The van der Waals surface area contributed by atoms with Crippen LogP contribution in [-0.2, 0) is 14.2 Å². The minimum Gasteiger partial charge on any atom is -0.394 e. The summed E-state index contributed by atoms with van der Waals surface area (Å²) in [7, 11) is 1.53. The Morgan fingerprint density at radius 2 is 2.33 bits per heavy atom. The molecule has 1 unspecified atom stereocenters. The molecule has 0 aromatic rings. The van der Waals surface area contributed by atoms with Gasteiger partial charge in [-0.05, 0) is 0 Å². The van der Waals surface area contributed by atoms with Crippen LogP contribution < -0.4 is 0 Å². The van der Waals surface area contributed by atoms with E-state index in [2.05, 4.69) is 11.3 Å². The molecule has 0 bridgehead atoms. The smallest absolute Gasteiger partial charge is 0.146 e. The summed E-state index contributed by atoms with van der Waals surface area (Å²) in [5, 5.41) is 8.77. The van der Waals surface area contributed by atoms with Gasteiger partial charge in [-0.25, -0.2) is 0 Å². The van der Waals surface area contributed by atoms with Crippen molar-refractivity contribution in [3.8, 4) is 0 Å². The maximum atomic E-state index is 8.77. The molecule has 0 aliphatic carbocycles. The molecule has 0 radical (unpaired) electrons. The number of hydrogen-bond acceptors (Lipinski definition) is 4. The molecule has 72 valence electrons. The standard InChI is InChI=1S/C8H16O4/c1-3-4-11-6-8(5-9)12-7-10-2/h3,8-9H,1,4-7H2,2H3. The van der Waals surface area contributed by atoms with Crippen LogP contribution in [-0.4, -0.2) is 44.9 Å². The van der Waals surface area contributed by atoms with E-state index in [0.717, 1.165) is 0 Å². The van der Waals surface area contributed by atoms with Crippen LogP contribution in [0.15, 0.2) is 12.7 Å². The Hall–Kier alpha value is -0.420. The molecule has 12 heavy (non-hydrogen) atoms. The molecule has 0 aliphatic heterocycles. The lowest BCUT2D eigenvalue weighted by molar-refractivity contribution is -0.109. The van der Waals surface area contributed by atoms with Gasteiger partial charge in [0.05, 0.1) is 19.8 Å². The molecular weight excluding hydrogens is 160 g/mol. The zero-order valence-electron chi connectivity index (χ0n) is 7.36. The Morgan fingerprint density at radius 3 is 2.83 bits per heavy atom. The Kier molecular flexibility index (Phi) is 8.37. The lowest BCUT2D eigenvalue weighted by atomic mass is 10.4. The first-order valence-corrected chi connectivity index (χ1v) is 3.75. The van der Waals surface area contributed by atoms with Gasteiger partial charge >= 0.3 is 0 Å². The van der Waals surface area contributed by atoms with Crippen LogP contribution in [0.25, 0.3) is 0 Å². The van der Waals surface area contributed by atoms with Gasteiger partial charge in [-0.15, -0.1) is 6.58 Å². The van der Waals surface area contributed by atoms with E-state index in [1.54, 1.807) is 6.08 Å². The zero-order valence-corrected chi connectivity index (χ0v) is 7.36. The molecule has 0 spiro atoms. The van der Waals surface area contributed by atoms with Crippen LogP contribution >= 0.6 is 0 Å². The van der Waals surface area contributed by atoms with E-state index < -0.39 is 0 Å². The second-order valence-electron chi connectivity index (χ2n) is 2.20. The van der Waals surface area contributed by atoms with Crippen molar-refractivity contribution in [2.45, 2.75) is 6.10 Å². The van der Waals surface area contributed by atoms with Gasteiger partial charge in [0.1, 0.15) is 12.9 Å². The molecule has 0 aromatic heterocycles. The predicted octanol–water partition coefficient (Wildman–Crippen LogP) is 0.170. The van der Waals surface area contributed by atoms with Crippen molar-refractivity contribution in [2.75, 3.05) is 33.7 Å². The van der Waals surface area contributed by atoms with Gasteiger partial charge in [-0.3, -0.25) is 0 Å². The van der Waals surface area contributed by atoms with E-state index in [-0.39, 0.29) is 19.5 Å². The highest BCUT2D eigenvalue weighted by Crippen LogP contribution is 1.92. The molecule has 0 aliphatic rings. The van der Waals surface area contributed by atoms with Crippen LogP contribution in [0.3, 0.4) is 0 Å². The van der Waals surface area contributed by atoms with Gasteiger partial charge in [0.2, 0.25) is 0 Å². The third-order valence-corrected chi connectivity index (χ3v) is 1.16. The topological polar surface area (TPSA) is 47.9 Å². The summed E-state index contributed by atoms with van der Waals surface area (Å²) in [4.78, 5) is 0. The molecule has 0 heterocycles. The fourth-order valence-corrected chi connectivity index (χ4v) is 0.601. The minimum atomic E-state index is -0.315. The van der Waals surface area contributed by atoms with Crippen LogP contribution in [0.4, 0.5) is 0 Å². The fraction of sp³-hybridized carbons (Fsp3) is 0.750. The Labute approximate surface area is 72.7 Å². The van der Waals surface area contributed by atoms with E-state index in [1.807, 2.05) is 0 Å². The highest BCUT2D eigenvalue weighted by molar-refractivity contribution is 4.64. The normalized spacial score (nSPS) is 12.8. The quantitative estimate of drug-likeness (QED) is 0.325. The van der Waals surface area contributed by atoms with Crippen LogP contribution in [0.5, 0.6) is 0 Å². The first kappa shape index (κ1) is 11.6. The molecule has 4 nitrogen and oxygen atoms in total. The Bertz CT molecular complexity index is 105. The number of aliphatic hydroxyl groups is 1. The lowest BCUT2D eigenvalue weighted by Crippen LogP contribution is -2.25. The molecule has 0 amide bonds. The average molecular weight is 176 g/mol. The molecule has 4 heteroatoms.